The fourth-order valence-corrected chi connectivity index (χ4v) is 12.0. The molecule has 176 valence electrons. The zero-order chi connectivity index (χ0) is 23.5. The van der Waals surface area contributed by atoms with E-state index in [0.717, 1.165) is 23.7 Å². The lowest BCUT2D eigenvalue weighted by atomic mass is 9.84. The van der Waals surface area contributed by atoms with Gasteiger partial charge in [-0.1, -0.05) is 121 Å². The van der Waals surface area contributed by atoms with Gasteiger partial charge in [-0.05, 0) is 92.3 Å². The van der Waals surface area contributed by atoms with Gasteiger partial charge in [0.15, 0.2) is 0 Å². The van der Waals surface area contributed by atoms with Crippen LogP contribution in [-0.2, 0) is 0 Å². The van der Waals surface area contributed by atoms with E-state index < -0.39 is 0 Å². The summed E-state index contributed by atoms with van der Waals surface area (Å²) in [6.07, 6.45) is 7.09. The highest BCUT2D eigenvalue weighted by molar-refractivity contribution is 7.73. The normalized spacial score (nSPS) is 23.3. The van der Waals surface area contributed by atoms with Crippen LogP contribution >= 0.6 is 15.8 Å². The van der Waals surface area contributed by atoms with Crippen molar-refractivity contribution in [1.82, 2.24) is 0 Å². The van der Waals surface area contributed by atoms with Crippen LogP contribution in [0, 0.1) is 23.7 Å². The van der Waals surface area contributed by atoms with Crippen LogP contribution in [0.25, 0.3) is 0 Å². The Morgan fingerprint density at radius 3 is 0.943 bits per heavy atom. The summed E-state index contributed by atoms with van der Waals surface area (Å²) in [5, 5.41) is 6.18. The molecule has 0 radical (unpaired) electrons. The molecule has 6 rings (SSSR count). The number of benzene rings is 4. The number of fused-ring (bicyclic) bond motifs is 2. The second-order valence-electron chi connectivity index (χ2n) is 10.3. The smallest absolute Gasteiger partial charge is 0.0195 e. The standard InChI is InChI=1S/C33H34P2/c1-5-13-30(14-6-1)34(31-15-7-2-8-16-31)24-28-22-27-21-26(28)23-29(27)25-35(32-17-9-3-10-18-32)33-19-11-4-12-20-33/h1-20,26-29H,21-25H2. The Kier molecular flexibility index (Phi) is 7.13. The molecular formula is C33H34P2. The summed E-state index contributed by atoms with van der Waals surface area (Å²) in [4.78, 5) is 0. The molecule has 2 heteroatoms. The van der Waals surface area contributed by atoms with Gasteiger partial charge in [0.2, 0.25) is 0 Å². The van der Waals surface area contributed by atoms with Crippen molar-refractivity contribution in [2.75, 3.05) is 12.3 Å². The lowest BCUT2D eigenvalue weighted by Gasteiger charge is -2.33. The summed E-state index contributed by atoms with van der Waals surface area (Å²) in [5.74, 6) is 3.63. The maximum atomic E-state index is 2.36. The van der Waals surface area contributed by atoms with Gasteiger partial charge in [-0.3, -0.25) is 0 Å². The van der Waals surface area contributed by atoms with Crippen molar-refractivity contribution in [3.05, 3.63) is 121 Å². The average Bonchev–Trinajstić information content (AvgIpc) is 3.52. The van der Waals surface area contributed by atoms with Crippen LogP contribution in [0.15, 0.2) is 121 Å². The monoisotopic (exact) mass is 492 g/mol. The Morgan fingerprint density at radius 2 is 0.686 bits per heavy atom. The molecule has 2 aliphatic carbocycles. The van der Waals surface area contributed by atoms with Crippen LogP contribution in [-0.4, -0.2) is 12.3 Å². The summed E-state index contributed by atoms with van der Waals surface area (Å²) in [6.45, 7) is 0. The molecule has 4 aromatic rings. The average molecular weight is 493 g/mol. The quantitative estimate of drug-likeness (QED) is 0.234. The van der Waals surface area contributed by atoms with Gasteiger partial charge < -0.3 is 0 Å². The van der Waals surface area contributed by atoms with Crippen LogP contribution in [0.3, 0.4) is 0 Å². The maximum absolute atomic E-state index is 2.36. The molecule has 2 saturated carbocycles. The Balaban J connectivity index is 1.18. The molecule has 2 fully saturated rings. The summed E-state index contributed by atoms with van der Waals surface area (Å²) in [6, 6.07) is 45.3. The molecule has 0 amide bonds. The summed E-state index contributed by atoms with van der Waals surface area (Å²) < 4.78 is 0. The zero-order valence-corrected chi connectivity index (χ0v) is 22.1. The molecule has 0 saturated heterocycles. The lowest BCUT2D eigenvalue weighted by Crippen LogP contribution is -2.27. The van der Waals surface area contributed by atoms with Gasteiger partial charge in [-0.15, -0.1) is 0 Å². The highest BCUT2D eigenvalue weighted by atomic mass is 31.1. The van der Waals surface area contributed by atoms with E-state index in [1.807, 2.05) is 0 Å². The van der Waals surface area contributed by atoms with Gasteiger partial charge in [-0.25, -0.2) is 0 Å². The van der Waals surface area contributed by atoms with E-state index in [1.54, 1.807) is 21.2 Å². The van der Waals surface area contributed by atoms with Crippen LogP contribution in [0.1, 0.15) is 19.3 Å². The van der Waals surface area contributed by atoms with Crippen LogP contribution in [0.4, 0.5) is 0 Å². The van der Waals surface area contributed by atoms with Crippen LogP contribution in [0.2, 0.25) is 0 Å². The van der Waals surface area contributed by atoms with E-state index in [4.69, 9.17) is 0 Å². The first-order valence-electron chi connectivity index (χ1n) is 13.1. The highest BCUT2D eigenvalue weighted by Gasteiger charge is 2.46. The van der Waals surface area contributed by atoms with Gasteiger partial charge in [0, 0.05) is 0 Å². The molecule has 35 heavy (non-hydrogen) atoms. The molecule has 2 bridgehead atoms. The van der Waals surface area contributed by atoms with Crippen molar-refractivity contribution >= 4 is 37.1 Å². The van der Waals surface area contributed by atoms with Crippen molar-refractivity contribution in [2.45, 2.75) is 19.3 Å². The molecule has 4 aromatic carbocycles. The Bertz CT molecular complexity index is 1020. The molecule has 2 aliphatic rings. The Hall–Kier alpha value is -2.26. The highest BCUT2D eigenvalue weighted by Crippen LogP contribution is 2.57. The minimum atomic E-state index is -0.273. The topological polar surface area (TPSA) is 0 Å². The zero-order valence-electron chi connectivity index (χ0n) is 20.3. The summed E-state index contributed by atoms with van der Waals surface area (Å²) >= 11 is 0. The van der Waals surface area contributed by atoms with Crippen molar-refractivity contribution in [3.8, 4) is 0 Å². The molecule has 4 atom stereocenters. The first-order chi connectivity index (χ1) is 17.3. The number of rotatable bonds is 8. The molecule has 0 N–H and O–H groups in total. The van der Waals surface area contributed by atoms with E-state index in [-0.39, 0.29) is 15.8 Å². The first kappa shape index (κ1) is 23.2. The number of hydrogen-bond donors (Lipinski definition) is 0. The summed E-state index contributed by atoms with van der Waals surface area (Å²) in [7, 11) is -0.546. The van der Waals surface area contributed by atoms with Crippen LogP contribution in [0.5, 0.6) is 0 Å². The van der Waals surface area contributed by atoms with E-state index in [9.17, 15) is 0 Å². The third kappa shape index (κ3) is 5.16. The Labute approximate surface area is 213 Å². The third-order valence-electron chi connectivity index (χ3n) is 8.26. The van der Waals surface area contributed by atoms with Crippen LogP contribution < -0.4 is 21.2 Å². The van der Waals surface area contributed by atoms with Crippen molar-refractivity contribution in [2.24, 2.45) is 23.7 Å². The molecule has 0 nitrogen and oxygen atoms in total. The van der Waals surface area contributed by atoms with Crippen molar-refractivity contribution in [3.63, 3.8) is 0 Å². The second-order valence-corrected chi connectivity index (χ2v) is 14.8. The fraction of sp³-hybridized carbons (Fsp3) is 0.273. The largest absolute Gasteiger partial charge is 0.0622 e. The second kappa shape index (κ2) is 10.8. The van der Waals surface area contributed by atoms with Gasteiger partial charge in [0.1, 0.15) is 0 Å². The Morgan fingerprint density at radius 1 is 0.400 bits per heavy atom. The van der Waals surface area contributed by atoms with E-state index in [0.29, 0.717) is 0 Å². The molecule has 0 heterocycles. The first-order valence-corrected chi connectivity index (χ1v) is 16.2. The van der Waals surface area contributed by atoms with Gasteiger partial charge >= 0.3 is 0 Å². The minimum Gasteiger partial charge on any atom is -0.0622 e. The van der Waals surface area contributed by atoms with Crippen molar-refractivity contribution in [1.29, 1.82) is 0 Å². The predicted molar refractivity (Wildman–Crippen MR) is 156 cm³/mol. The fourth-order valence-electron chi connectivity index (χ4n) is 6.58. The maximum Gasteiger partial charge on any atom is -0.0195 e. The predicted octanol–water partition coefficient (Wildman–Crippen LogP) is 6.91. The van der Waals surface area contributed by atoms with Crippen molar-refractivity contribution < 1.29 is 0 Å². The molecular weight excluding hydrogens is 458 g/mol. The van der Waals surface area contributed by atoms with Gasteiger partial charge in [0.25, 0.3) is 0 Å². The summed E-state index contributed by atoms with van der Waals surface area (Å²) in [5.41, 5.74) is 0. The van der Waals surface area contributed by atoms with Gasteiger partial charge in [0.05, 0.1) is 0 Å². The number of hydrogen-bond acceptors (Lipinski definition) is 0. The van der Waals surface area contributed by atoms with Gasteiger partial charge in [-0.2, -0.15) is 0 Å². The third-order valence-corrected chi connectivity index (χ3v) is 13.6. The molecule has 4 unspecified atom stereocenters. The molecule has 0 spiro atoms. The van der Waals surface area contributed by atoms with E-state index in [1.165, 1.54) is 31.6 Å². The van der Waals surface area contributed by atoms with E-state index in [2.05, 4.69) is 121 Å². The SMILES string of the molecule is c1ccc(P(CC2CC3CC2CC3CP(c2ccccc2)c2ccccc2)c2ccccc2)cc1. The minimum absolute atomic E-state index is 0.273. The molecule has 0 aliphatic heterocycles. The molecule has 0 aromatic heterocycles. The van der Waals surface area contributed by atoms with E-state index >= 15 is 0 Å². The lowest BCUT2D eigenvalue weighted by molar-refractivity contribution is 0.295.